The number of ether oxygens (including phenoxy) is 1. The Hall–Kier alpha value is -1.27. The van der Waals surface area contributed by atoms with Crippen molar-refractivity contribution < 1.29 is 17.9 Å². The molecule has 3 rings (SSSR count). The first-order valence-electron chi connectivity index (χ1n) is 5.30. The van der Waals surface area contributed by atoms with Crippen molar-refractivity contribution in [3.63, 3.8) is 0 Å². The summed E-state index contributed by atoms with van der Waals surface area (Å²) in [5.41, 5.74) is 0.0228. The molecule has 1 aliphatic heterocycles. The van der Waals surface area contributed by atoms with Gasteiger partial charge in [-0.15, -0.1) is 0 Å². The van der Waals surface area contributed by atoms with E-state index in [0.29, 0.717) is 31.1 Å². The minimum absolute atomic E-state index is 0.0699. The maximum Gasteiger partial charge on any atom is 0.416 e. The van der Waals surface area contributed by atoms with Crippen molar-refractivity contribution in [2.45, 2.75) is 19.3 Å². The number of hydrogen-bond acceptors (Lipinski definition) is 2. The summed E-state index contributed by atoms with van der Waals surface area (Å²) >= 11 is 5.94. The lowest BCUT2D eigenvalue weighted by molar-refractivity contribution is -0.137. The number of benzene rings is 1. The van der Waals surface area contributed by atoms with Crippen LogP contribution in [-0.2, 0) is 24.1 Å². The SMILES string of the molecule is FC(F)(F)c1cc(Cl)c2c(c1)nc1n2CCOC1. The van der Waals surface area contributed by atoms with E-state index in [-0.39, 0.29) is 10.5 Å². The molecule has 3 nitrogen and oxygen atoms in total. The molecule has 0 radical (unpaired) electrons. The van der Waals surface area contributed by atoms with Crippen LogP contribution in [0, 0.1) is 0 Å². The van der Waals surface area contributed by atoms with Crippen LogP contribution in [0.2, 0.25) is 5.02 Å². The lowest BCUT2D eigenvalue weighted by Crippen LogP contribution is -2.16. The van der Waals surface area contributed by atoms with E-state index in [2.05, 4.69) is 4.98 Å². The predicted molar refractivity (Wildman–Crippen MR) is 59.4 cm³/mol. The third-order valence-electron chi connectivity index (χ3n) is 2.89. The van der Waals surface area contributed by atoms with Crippen LogP contribution in [0.1, 0.15) is 11.4 Å². The number of aromatic nitrogens is 2. The number of rotatable bonds is 0. The first-order valence-corrected chi connectivity index (χ1v) is 5.68. The summed E-state index contributed by atoms with van der Waals surface area (Å²) in [7, 11) is 0. The zero-order valence-corrected chi connectivity index (χ0v) is 9.85. The summed E-state index contributed by atoms with van der Waals surface area (Å²) in [5, 5.41) is 0.0699. The second-order valence-corrected chi connectivity index (χ2v) is 4.46. The molecule has 0 saturated carbocycles. The molecule has 0 atom stereocenters. The van der Waals surface area contributed by atoms with E-state index in [0.717, 1.165) is 12.1 Å². The Morgan fingerprint density at radius 1 is 1.33 bits per heavy atom. The van der Waals surface area contributed by atoms with Gasteiger partial charge >= 0.3 is 6.18 Å². The van der Waals surface area contributed by atoms with Crippen LogP contribution in [0.15, 0.2) is 12.1 Å². The van der Waals surface area contributed by atoms with Gasteiger partial charge in [-0.05, 0) is 12.1 Å². The predicted octanol–water partition coefficient (Wildman–Crippen LogP) is 3.24. The number of nitrogens with zero attached hydrogens (tertiary/aromatic N) is 2. The summed E-state index contributed by atoms with van der Waals surface area (Å²) < 4.78 is 45.0. The highest BCUT2D eigenvalue weighted by Crippen LogP contribution is 2.35. The van der Waals surface area contributed by atoms with Crippen LogP contribution < -0.4 is 0 Å². The van der Waals surface area contributed by atoms with Gasteiger partial charge in [0.05, 0.1) is 28.2 Å². The zero-order valence-electron chi connectivity index (χ0n) is 9.09. The van der Waals surface area contributed by atoms with Crippen LogP contribution in [0.3, 0.4) is 0 Å². The normalized spacial score (nSPS) is 16.0. The third-order valence-corrected chi connectivity index (χ3v) is 3.18. The van der Waals surface area contributed by atoms with E-state index in [9.17, 15) is 13.2 Å². The molecule has 96 valence electrons. The van der Waals surface area contributed by atoms with E-state index < -0.39 is 11.7 Å². The van der Waals surface area contributed by atoms with Gasteiger partial charge < -0.3 is 9.30 Å². The van der Waals surface area contributed by atoms with Crippen molar-refractivity contribution in [1.82, 2.24) is 9.55 Å². The van der Waals surface area contributed by atoms with Crippen LogP contribution in [0.5, 0.6) is 0 Å². The van der Waals surface area contributed by atoms with Gasteiger partial charge in [0.25, 0.3) is 0 Å². The third kappa shape index (κ3) is 1.76. The molecule has 2 heterocycles. The average molecular weight is 277 g/mol. The van der Waals surface area contributed by atoms with Gasteiger partial charge in [0.15, 0.2) is 0 Å². The van der Waals surface area contributed by atoms with Crippen LogP contribution >= 0.6 is 11.6 Å². The van der Waals surface area contributed by atoms with Crippen LogP contribution in [0.25, 0.3) is 11.0 Å². The Labute approximate surface area is 105 Å². The number of fused-ring (bicyclic) bond motifs is 3. The summed E-state index contributed by atoms with van der Waals surface area (Å²) in [5.74, 6) is 0.609. The Balaban J connectivity index is 2.27. The van der Waals surface area contributed by atoms with Gasteiger partial charge in [-0.1, -0.05) is 11.6 Å². The van der Waals surface area contributed by atoms with Gasteiger partial charge in [-0.2, -0.15) is 13.2 Å². The Kier molecular flexibility index (Phi) is 2.53. The van der Waals surface area contributed by atoms with E-state index in [1.54, 1.807) is 4.57 Å². The lowest BCUT2D eigenvalue weighted by atomic mass is 10.2. The highest BCUT2D eigenvalue weighted by Gasteiger charge is 2.32. The molecule has 0 bridgehead atoms. The quantitative estimate of drug-likeness (QED) is 0.739. The Morgan fingerprint density at radius 2 is 2.11 bits per heavy atom. The molecular formula is C11H8ClF3N2O. The first kappa shape index (κ1) is 11.8. The van der Waals surface area contributed by atoms with E-state index in [1.807, 2.05) is 0 Å². The molecule has 0 aliphatic carbocycles. The molecule has 0 spiro atoms. The van der Waals surface area contributed by atoms with Gasteiger partial charge in [0, 0.05) is 6.54 Å². The van der Waals surface area contributed by atoms with Crippen LogP contribution in [0.4, 0.5) is 13.2 Å². The van der Waals surface area contributed by atoms with Crippen molar-refractivity contribution in [2.75, 3.05) is 6.61 Å². The number of alkyl halides is 3. The second-order valence-electron chi connectivity index (χ2n) is 4.06. The minimum Gasteiger partial charge on any atom is -0.372 e. The molecular weight excluding hydrogens is 269 g/mol. The molecule has 0 unspecified atom stereocenters. The molecule has 1 aliphatic rings. The largest absolute Gasteiger partial charge is 0.416 e. The Bertz CT molecular complexity index is 621. The molecule has 1 aromatic carbocycles. The van der Waals surface area contributed by atoms with Crippen molar-refractivity contribution >= 4 is 22.6 Å². The van der Waals surface area contributed by atoms with Gasteiger partial charge in [0.1, 0.15) is 12.4 Å². The van der Waals surface area contributed by atoms with E-state index >= 15 is 0 Å². The lowest BCUT2D eigenvalue weighted by Gasteiger charge is -2.15. The number of halogens is 4. The minimum atomic E-state index is -4.42. The van der Waals surface area contributed by atoms with Crippen molar-refractivity contribution in [1.29, 1.82) is 0 Å². The summed E-state index contributed by atoms with van der Waals surface area (Å²) in [6.45, 7) is 1.36. The van der Waals surface area contributed by atoms with E-state index in [4.69, 9.17) is 16.3 Å². The summed E-state index contributed by atoms with van der Waals surface area (Å²) in [6.07, 6.45) is -4.42. The molecule has 7 heteroatoms. The molecule has 2 aromatic rings. The fourth-order valence-corrected chi connectivity index (χ4v) is 2.42. The Morgan fingerprint density at radius 3 is 2.83 bits per heavy atom. The first-order chi connectivity index (χ1) is 8.47. The van der Waals surface area contributed by atoms with Gasteiger partial charge in [-0.3, -0.25) is 0 Å². The molecule has 18 heavy (non-hydrogen) atoms. The van der Waals surface area contributed by atoms with E-state index in [1.165, 1.54) is 0 Å². The van der Waals surface area contributed by atoms with Crippen molar-refractivity contribution in [3.05, 3.63) is 28.5 Å². The van der Waals surface area contributed by atoms with Crippen LogP contribution in [-0.4, -0.2) is 16.2 Å². The fraction of sp³-hybridized carbons (Fsp3) is 0.364. The number of imidazole rings is 1. The summed E-state index contributed by atoms with van der Waals surface area (Å²) in [4.78, 5) is 4.14. The standard InChI is InChI=1S/C11H8ClF3N2O/c12-7-3-6(11(13,14)15)4-8-10(7)17-1-2-18-5-9(17)16-8/h3-4H,1-2,5H2. The van der Waals surface area contributed by atoms with Gasteiger partial charge in [-0.25, -0.2) is 4.98 Å². The molecule has 0 fully saturated rings. The van der Waals surface area contributed by atoms with Crippen molar-refractivity contribution in [3.8, 4) is 0 Å². The fourth-order valence-electron chi connectivity index (χ4n) is 2.10. The monoisotopic (exact) mass is 276 g/mol. The maximum atomic E-state index is 12.7. The van der Waals surface area contributed by atoms with Gasteiger partial charge in [0.2, 0.25) is 0 Å². The average Bonchev–Trinajstić information content (AvgIpc) is 2.66. The summed E-state index contributed by atoms with van der Waals surface area (Å²) in [6, 6.07) is 1.96. The molecule has 0 N–H and O–H groups in total. The highest BCUT2D eigenvalue weighted by molar-refractivity contribution is 6.35. The molecule has 0 amide bonds. The number of hydrogen-bond donors (Lipinski definition) is 0. The highest BCUT2D eigenvalue weighted by atomic mass is 35.5. The van der Waals surface area contributed by atoms with Crippen molar-refractivity contribution in [2.24, 2.45) is 0 Å². The molecule has 1 aromatic heterocycles. The topological polar surface area (TPSA) is 27.1 Å². The maximum absolute atomic E-state index is 12.7. The smallest absolute Gasteiger partial charge is 0.372 e. The second kappa shape index (κ2) is 3.86. The zero-order chi connectivity index (χ0) is 12.9. The molecule has 0 saturated heterocycles.